The van der Waals surface area contributed by atoms with E-state index in [0.29, 0.717) is 24.5 Å². The number of esters is 1. The highest BCUT2D eigenvalue weighted by atomic mass is 16.5. The zero-order valence-corrected chi connectivity index (χ0v) is 15.3. The third kappa shape index (κ3) is 4.09. The van der Waals surface area contributed by atoms with Crippen LogP contribution in [-0.2, 0) is 9.53 Å². The maximum atomic E-state index is 11.9. The smallest absolute Gasteiger partial charge is 0.308 e. The quantitative estimate of drug-likeness (QED) is 0.822. The Labute approximate surface area is 149 Å². The molecule has 0 unspecified atom stereocenters. The van der Waals surface area contributed by atoms with Crippen molar-refractivity contribution in [2.75, 3.05) is 11.9 Å². The third-order valence-corrected chi connectivity index (χ3v) is 4.86. The maximum absolute atomic E-state index is 11.9. The number of rotatable bonds is 5. The van der Waals surface area contributed by atoms with Crippen molar-refractivity contribution in [3.63, 3.8) is 0 Å². The van der Waals surface area contributed by atoms with Crippen LogP contribution in [0.2, 0.25) is 0 Å². The van der Waals surface area contributed by atoms with Crippen molar-refractivity contribution >= 4 is 22.8 Å². The van der Waals surface area contributed by atoms with E-state index in [1.165, 1.54) is 0 Å². The van der Waals surface area contributed by atoms with Crippen molar-refractivity contribution in [2.45, 2.75) is 58.4 Å². The molecule has 3 rings (SSSR count). The summed E-state index contributed by atoms with van der Waals surface area (Å²) in [6, 6.07) is 8.46. The van der Waals surface area contributed by atoms with Crippen LogP contribution in [0.15, 0.2) is 24.3 Å². The molecule has 1 N–H and O–H groups in total. The lowest BCUT2D eigenvalue weighted by atomic mass is 9.86. The molecule has 1 aromatic carbocycles. The molecule has 0 spiro atoms. The van der Waals surface area contributed by atoms with Gasteiger partial charge in [0.1, 0.15) is 0 Å². The summed E-state index contributed by atoms with van der Waals surface area (Å²) in [5.41, 5.74) is 2.05. The molecular formula is C20H27N3O2. The lowest BCUT2D eigenvalue weighted by molar-refractivity contribution is -0.149. The number of hydrogen-bond donors (Lipinski definition) is 1. The van der Waals surface area contributed by atoms with Gasteiger partial charge in [-0.05, 0) is 44.6 Å². The molecule has 1 aromatic heterocycles. The Bertz CT molecular complexity index is 737. The van der Waals surface area contributed by atoms with Crippen LogP contribution in [-0.4, -0.2) is 28.6 Å². The van der Waals surface area contributed by atoms with Gasteiger partial charge in [0.15, 0.2) is 0 Å². The fourth-order valence-corrected chi connectivity index (χ4v) is 3.52. The fraction of sp³-hybridized carbons (Fsp3) is 0.550. The molecule has 0 bridgehead atoms. The van der Waals surface area contributed by atoms with Crippen LogP contribution in [0.3, 0.4) is 0 Å². The van der Waals surface area contributed by atoms with E-state index in [1.807, 2.05) is 25.1 Å². The van der Waals surface area contributed by atoms with Crippen molar-refractivity contribution in [1.82, 2.24) is 9.97 Å². The zero-order chi connectivity index (χ0) is 17.8. The van der Waals surface area contributed by atoms with Crippen LogP contribution < -0.4 is 5.32 Å². The largest absolute Gasteiger partial charge is 0.466 e. The number of carbonyl (C=O) groups is 1. The second kappa shape index (κ2) is 7.81. The number of fused-ring (bicyclic) bond motifs is 1. The van der Waals surface area contributed by atoms with Gasteiger partial charge >= 0.3 is 5.97 Å². The van der Waals surface area contributed by atoms with E-state index in [-0.39, 0.29) is 11.9 Å². The Morgan fingerprint density at radius 3 is 2.60 bits per heavy atom. The minimum absolute atomic E-state index is 0.0433. The summed E-state index contributed by atoms with van der Waals surface area (Å²) in [7, 11) is 0. The standard InChI is InChI=1S/C20H27N3O2/c1-4-25-19(24)14-9-11-15(12-10-14)21-20-22-17-8-6-5-7-16(17)18(23-20)13(2)3/h5-8,13-15H,4,9-12H2,1-3H3,(H,21,22,23)/t14-,15+. The summed E-state index contributed by atoms with van der Waals surface area (Å²) in [4.78, 5) is 21.3. The van der Waals surface area contributed by atoms with Gasteiger partial charge in [0.05, 0.1) is 23.7 Å². The summed E-state index contributed by atoms with van der Waals surface area (Å²) >= 11 is 0. The first-order chi connectivity index (χ1) is 12.1. The monoisotopic (exact) mass is 341 g/mol. The van der Waals surface area contributed by atoms with Crippen molar-refractivity contribution in [3.05, 3.63) is 30.0 Å². The molecule has 1 saturated carbocycles. The summed E-state index contributed by atoms with van der Waals surface area (Å²) in [6.07, 6.45) is 3.61. The molecular weight excluding hydrogens is 314 g/mol. The molecule has 5 nitrogen and oxygen atoms in total. The Kier molecular flexibility index (Phi) is 5.51. The number of aromatic nitrogens is 2. The van der Waals surface area contributed by atoms with E-state index in [1.54, 1.807) is 0 Å². The van der Waals surface area contributed by atoms with Crippen LogP contribution in [0.25, 0.3) is 10.9 Å². The predicted octanol–water partition coefficient (Wildman–Crippen LogP) is 4.29. The van der Waals surface area contributed by atoms with Crippen molar-refractivity contribution in [1.29, 1.82) is 0 Å². The lowest BCUT2D eigenvalue weighted by Gasteiger charge is -2.28. The minimum atomic E-state index is -0.0509. The average molecular weight is 341 g/mol. The molecule has 5 heteroatoms. The van der Waals surface area contributed by atoms with Crippen LogP contribution in [0.5, 0.6) is 0 Å². The number of nitrogens with zero attached hydrogens (tertiary/aromatic N) is 2. The molecule has 0 atom stereocenters. The Morgan fingerprint density at radius 1 is 1.20 bits per heavy atom. The molecule has 0 saturated heterocycles. The topological polar surface area (TPSA) is 64.1 Å². The highest BCUT2D eigenvalue weighted by Crippen LogP contribution is 2.28. The Hall–Kier alpha value is -2.17. The van der Waals surface area contributed by atoms with Crippen LogP contribution in [0, 0.1) is 5.92 Å². The SMILES string of the molecule is CCOC(=O)[C@H]1CC[C@@H](Nc2nc(C(C)C)c3ccccc3n2)CC1. The normalized spacial score (nSPS) is 20.6. The van der Waals surface area contributed by atoms with Crippen LogP contribution >= 0.6 is 0 Å². The average Bonchev–Trinajstić information content (AvgIpc) is 2.61. The van der Waals surface area contributed by atoms with E-state index in [0.717, 1.165) is 42.3 Å². The number of anilines is 1. The van der Waals surface area contributed by atoms with Gasteiger partial charge in [0.25, 0.3) is 0 Å². The highest BCUT2D eigenvalue weighted by Gasteiger charge is 2.27. The van der Waals surface area contributed by atoms with Gasteiger partial charge in [-0.2, -0.15) is 0 Å². The molecule has 1 fully saturated rings. The zero-order valence-electron chi connectivity index (χ0n) is 15.3. The highest BCUT2D eigenvalue weighted by molar-refractivity contribution is 5.82. The third-order valence-electron chi connectivity index (χ3n) is 4.86. The Morgan fingerprint density at radius 2 is 1.92 bits per heavy atom. The predicted molar refractivity (Wildman–Crippen MR) is 99.6 cm³/mol. The van der Waals surface area contributed by atoms with Crippen LogP contribution in [0.1, 0.15) is 58.1 Å². The summed E-state index contributed by atoms with van der Waals surface area (Å²) in [6.45, 7) is 6.63. The molecule has 1 heterocycles. The second-order valence-corrected chi connectivity index (χ2v) is 7.05. The number of carbonyl (C=O) groups excluding carboxylic acids is 1. The molecule has 1 aliphatic rings. The van der Waals surface area contributed by atoms with Crippen molar-refractivity contribution in [2.24, 2.45) is 5.92 Å². The first-order valence-electron chi connectivity index (χ1n) is 9.28. The number of para-hydroxylation sites is 1. The molecule has 134 valence electrons. The number of nitrogens with one attached hydrogen (secondary N) is 1. The van der Waals surface area contributed by atoms with Gasteiger partial charge in [-0.25, -0.2) is 9.97 Å². The Balaban J connectivity index is 1.71. The van der Waals surface area contributed by atoms with Crippen LogP contribution in [0.4, 0.5) is 5.95 Å². The van der Waals surface area contributed by atoms with Crippen molar-refractivity contribution < 1.29 is 9.53 Å². The van der Waals surface area contributed by atoms with Gasteiger partial charge < -0.3 is 10.1 Å². The first-order valence-corrected chi connectivity index (χ1v) is 9.28. The van der Waals surface area contributed by atoms with Gasteiger partial charge in [-0.3, -0.25) is 4.79 Å². The second-order valence-electron chi connectivity index (χ2n) is 7.05. The molecule has 25 heavy (non-hydrogen) atoms. The maximum Gasteiger partial charge on any atom is 0.308 e. The fourth-order valence-electron chi connectivity index (χ4n) is 3.52. The van der Waals surface area contributed by atoms with Crippen molar-refractivity contribution in [3.8, 4) is 0 Å². The summed E-state index contributed by atoms with van der Waals surface area (Å²) in [5.74, 6) is 1.03. The van der Waals surface area contributed by atoms with E-state index in [9.17, 15) is 4.79 Å². The number of benzene rings is 1. The van der Waals surface area contributed by atoms with Gasteiger partial charge in [0.2, 0.25) is 5.95 Å². The molecule has 2 aromatic rings. The summed E-state index contributed by atoms with van der Waals surface area (Å²) < 4.78 is 5.14. The van der Waals surface area contributed by atoms with Gasteiger partial charge in [-0.15, -0.1) is 0 Å². The van der Waals surface area contributed by atoms with Gasteiger partial charge in [0, 0.05) is 11.4 Å². The summed E-state index contributed by atoms with van der Waals surface area (Å²) in [5, 5.41) is 4.60. The molecule has 0 aliphatic heterocycles. The van der Waals surface area contributed by atoms with E-state index in [4.69, 9.17) is 9.72 Å². The lowest BCUT2D eigenvalue weighted by Crippen LogP contribution is -2.31. The first kappa shape index (κ1) is 17.6. The minimum Gasteiger partial charge on any atom is -0.466 e. The number of ether oxygens (including phenoxy) is 1. The van der Waals surface area contributed by atoms with E-state index >= 15 is 0 Å². The number of hydrogen-bond acceptors (Lipinski definition) is 5. The van der Waals surface area contributed by atoms with E-state index < -0.39 is 0 Å². The van der Waals surface area contributed by atoms with E-state index in [2.05, 4.69) is 30.2 Å². The molecule has 0 radical (unpaired) electrons. The molecule has 0 amide bonds. The van der Waals surface area contributed by atoms with Gasteiger partial charge in [-0.1, -0.05) is 32.0 Å². The molecule has 1 aliphatic carbocycles.